The Morgan fingerprint density at radius 3 is 1.75 bits per heavy atom. The maximum atomic E-state index is 3.74. The summed E-state index contributed by atoms with van der Waals surface area (Å²) in [5, 5.41) is 0. The fourth-order valence-electron chi connectivity index (χ4n) is 2.82. The van der Waals surface area contributed by atoms with Gasteiger partial charge in [0.25, 0.3) is 0 Å². The van der Waals surface area contributed by atoms with Gasteiger partial charge in [0, 0.05) is 6.42 Å². The van der Waals surface area contributed by atoms with Crippen molar-refractivity contribution in [2.75, 3.05) is 0 Å². The molecule has 0 aliphatic rings. The van der Waals surface area contributed by atoms with E-state index in [2.05, 4.69) is 59.6 Å². The molecule has 0 heterocycles. The van der Waals surface area contributed by atoms with Crippen molar-refractivity contribution in [2.45, 2.75) is 71.0 Å². The standard InChI is InChI=1S/C15H28Si/c1-8-9-10-11-12-16(13(2)3,14(4)5)15(6)7/h8,13-15H,1,9-10H2,2-7H3. The third-order valence-electron chi connectivity index (χ3n) is 3.64. The Morgan fingerprint density at radius 2 is 1.44 bits per heavy atom. The van der Waals surface area contributed by atoms with Crippen molar-refractivity contribution in [3.8, 4) is 11.5 Å². The fraction of sp³-hybridized carbons (Fsp3) is 0.733. The fourth-order valence-corrected chi connectivity index (χ4v) is 8.12. The van der Waals surface area contributed by atoms with Gasteiger partial charge in [-0.15, -0.1) is 18.0 Å². The molecule has 92 valence electrons. The van der Waals surface area contributed by atoms with E-state index < -0.39 is 8.07 Å². The molecule has 0 aliphatic heterocycles. The van der Waals surface area contributed by atoms with E-state index in [1.807, 2.05) is 6.08 Å². The van der Waals surface area contributed by atoms with Crippen molar-refractivity contribution in [1.29, 1.82) is 0 Å². The lowest BCUT2D eigenvalue weighted by molar-refractivity contribution is 0.838. The van der Waals surface area contributed by atoms with Gasteiger partial charge in [-0.3, -0.25) is 0 Å². The molecule has 0 saturated carbocycles. The lowest BCUT2D eigenvalue weighted by atomic mass is 10.3. The van der Waals surface area contributed by atoms with E-state index in [1.54, 1.807) is 0 Å². The van der Waals surface area contributed by atoms with Gasteiger partial charge in [-0.25, -0.2) is 0 Å². The molecule has 0 rings (SSSR count). The Bertz CT molecular complexity index is 241. The zero-order valence-corrected chi connectivity index (χ0v) is 12.9. The Balaban J connectivity index is 5.02. The topological polar surface area (TPSA) is 0 Å². The van der Waals surface area contributed by atoms with E-state index in [1.165, 1.54) is 0 Å². The first-order chi connectivity index (χ1) is 7.39. The Labute approximate surface area is 104 Å². The number of hydrogen-bond acceptors (Lipinski definition) is 0. The van der Waals surface area contributed by atoms with Crippen molar-refractivity contribution in [2.24, 2.45) is 0 Å². The maximum Gasteiger partial charge on any atom is 0.145 e. The number of allylic oxidation sites excluding steroid dienone is 1. The molecule has 1 heteroatoms. The molecule has 0 aromatic carbocycles. The highest BCUT2D eigenvalue weighted by Gasteiger charge is 2.41. The summed E-state index contributed by atoms with van der Waals surface area (Å²) >= 11 is 0. The largest absolute Gasteiger partial charge is 0.145 e. The maximum absolute atomic E-state index is 3.74. The molecule has 0 unspecified atom stereocenters. The summed E-state index contributed by atoms with van der Waals surface area (Å²) in [6.07, 6.45) is 3.95. The normalized spacial score (nSPS) is 11.8. The minimum absolute atomic E-state index is 0.740. The van der Waals surface area contributed by atoms with Crippen LogP contribution in [0.25, 0.3) is 0 Å². The Kier molecular flexibility index (Phi) is 6.75. The summed E-state index contributed by atoms with van der Waals surface area (Å²) in [6.45, 7) is 17.9. The summed E-state index contributed by atoms with van der Waals surface area (Å²) in [7, 11) is -1.47. The number of hydrogen-bond donors (Lipinski definition) is 0. The van der Waals surface area contributed by atoms with E-state index in [-0.39, 0.29) is 0 Å². The van der Waals surface area contributed by atoms with E-state index in [0.717, 1.165) is 29.5 Å². The quantitative estimate of drug-likeness (QED) is 0.267. The highest BCUT2D eigenvalue weighted by Crippen LogP contribution is 2.40. The van der Waals surface area contributed by atoms with Crippen LogP contribution in [-0.2, 0) is 0 Å². The molecule has 16 heavy (non-hydrogen) atoms. The third kappa shape index (κ3) is 3.52. The van der Waals surface area contributed by atoms with Crippen molar-refractivity contribution >= 4 is 8.07 Å². The molecule has 0 atom stereocenters. The second kappa shape index (κ2) is 6.96. The number of rotatable bonds is 5. The van der Waals surface area contributed by atoms with Crippen LogP contribution in [0.3, 0.4) is 0 Å². The second-order valence-corrected chi connectivity index (χ2v) is 11.1. The third-order valence-corrected chi connectivity index (χ3v) is 9.99. The second-order valence-electron chi connectivity index (χ2n) is 5.53. The summed E-state index contributed by atoms with van der Waals surface area (Å²) < 4.78 is 0. The molecule has 0 nitrogen and oxygen atoms in total. The number of unbranched alkanes of at least 4 members (excludes halogenated alkanes) is 1. The average Bonchev–Trinajstić information content (AvgIpc) is 2.16. The van der Waals surface area contributed by atoms with Gasteiger partial charge in [0.05, 0.1) is 0 Å². The Hall–Kier alpha value is -0.483. The Morgan fingerprint density at radius 1 is 1.00 bits per heavy atom. The van der Waals surface area contributed by atoms with Crippen LogP contribution in [0, 0.1) is 11.5 Å². The summed E-state index contributed by atoms with van der Waals surface area (Å²) in [5.41, 5.74) is 5.93. The zero-order valence-electron chi connectivity index (χ0n) is 11.9. The lowest BCUT2D eigenvalue weighted by Gasteiger charge is -2.38. The van der Waals surface area contributed by atoms with Crippen LogP contribution in [-0.4, -0.2) is 8.07 Å². The predicted octanol–water partition coefficient (Wildman–Crippen LogP) is 5.17. The van der Waals surface area contributed by atoms with Crippen molar-refractivity contribution in [3.05, 3.63) is 12.7 Å². The molecule has 0 amide bonds. The van der Waals surface area contributed by atoms with Crippen LogP contribution in [0.4, 0.5) is 0 Å². The first kappa shape index (κ1) is 15.5. The molecular weight excluding hydrogens is 208 g/mol. The molecule has 0 aromatic heterocycles. The van der Waals surface area contributed by atoms with E-state index in [0.29, 0.717) is 0 Å². The first-order valence-corrected chi connectivity index (χ1v) is 8.73. The molecule has 0 bridgehead atoms. The molecule has 0 spiro atoms. The first-order valence-electron chi connectivity index (χ1n) is 6.50. The highest BCUT2D eigenvalue weighted by molar-refractivity contribution is 6.90. The molecule has 0 aliphatic carbocycles. The molecular formula is C15H28Si. The van der Waals surface area contributed by atoms with Gasteiger partial charge in [-0.05, 0) is 23.0 Å². The van der Waals surface area contributed by atoms with E-state index in [4.69, 9.17) is 0 Å². The van der Waals surface area contributed by atoms with Gasteiger partial charge in [-0.2, -0.15) is 0 Å². The SMILES string of the molecule is C=CCCC#C[Si](C(C)C)(C(C)C)C(C)C. The average molecular weight is 236 g/mol. The summed E-state index contributed by atoms with van der Waals surface area (Å²) in [6, 6.07) is 0. The van der Waals surface area contributed by atoms with Crippen molar-refractivity contribution in [3.63, 3.8) is 0 Å². The van der Waals surface area contributed by atoms with Crippen molar-refractivity contribution < 1.29 is 0 Å². The van der Waals surface area contributed by atoms with Gasteiger partial charge in [0.2, 0.25) is 0 Å². The predicted molar refractivity (Wildman–Crippen MR) is 78.3 cm³/mol. The van der Waals surface area contributed by atoms with E-state index >= 15 is 0 Å². The smallest absolute Gasteiger partial charge is 0.130 e. The van der Waals surface area contributed by atoms with Crippen LogP contribution in [0.5, 0.6) is 0 Å². The summed E-state index contributed by atoms with van der Waals surface area (Å²) in [5.74, 6) is 3.41. The molecule has 0 aromatic rings. The minimum Gasteiger partial charge on any atom is -0.130 e. The minimum atomic E-state index is -1.47. The molecule has 0 saturated heterocycles. The van der Waals surface area contributed by atoms with Gasteiger partial charge < -0.3 is 0 Å². The van der Waals surface area contributed by atoms with Crippen LogP contribution < -0.4 is 0 Å². The zero-order chi connectivity index (χ0) is 12.8. The van der Waals surface area contributed by atoms with Gasteiger partial charge >= 0.3 is 0 Å². The van der Waals surface area contributed by atoms with Crippen molar-refractivity contribution in [1.82, 2.24) is 0 Å². The van der Waals surface area contributed by atoms with Crippen LogP contribution in [0.15, 0.2) is 12.7 Å². The molecule has 0 N–H and O–H groups in total. The van der Waals surface area contributed by atoms with Gasteiger partial charge in [0.1, 0.15) is 8.07 Å². The summed E-state index contributed by atoms with van der Waals surface area (Å²) in [4.78, 5) is 0. The lowest BCUT2D eigenvalue weighted by Crippen LogP contribution is -2.43. The van der Waals surface area contributed by atoms with Crippen LogP contribution in [0.1, 0.15) is 54.4 Å². The van der Waals surface area contributed by atoms with Crippen LogP contribution >= 0.6 is 0 Å². The van der Waals surface area contributed by atoms with Gasteiger partial charge in [0.15, 0.2) is 0 Å². The van der Waals surface area contributed by atoms with Gasteiger partial charge in [-0.1, -0.05) is 47.6 Å². The molecule has 0 radical (unpaired) electrons. The highest BCUT2D eigenvalue weighted by atomic mass is 28.3. The molecule has 0 fully saturated rings. The van der Waals surface area contributed by atoms with E-state index in [9.17, 15) is 0 Å². The van der Waals surface area contributed by atoms with Crippen LogP contribution in [0.2, 0.25) is 16.6 Å². The monoisotopic (exact) mass is 236 g/mol.